The maximum absolute atomic E-state index is 13.2. The third kappa shape index (κ3) is 4.74. The van der Waals surface area contributed by atoms with E-state index in [-0.39, 0.29) is 46.6 Å². The number of aliphatic carboxylic acids is 1. The molecule has 3 fully saturated rings. The van der Waals surface area contributed by atoms with E-state index in [0.717, 1.165) is 18.6 Å². The van der Waals surface area contributed by atoms with Crippen molar-refractivity contribution >= 4 is 41.3 Å². The van der Waals surface area contributed by atoms with Gasteiger partial charge in [-0.2, -0.15) is 0 Å². The summed E-state index contributed by atoms with van der Waals surface area (Å²) in [5.41, 5.74) is 0.688. The average molecular weight is 474 g/mol. The van der Waals surface area contributed by atoms with Crippen LogP contribution in [0.4, 0.5) is 0 Å². The zero-order valence-electron chi connectivity index (χ0n) is 17.7. The van der Waals surface area contributed by atoms with Crippen molar-refractivity contribution in [3.05, 3.63) is 29.8 Å². The number of nitrogens with zero attached hydrogens (tertiary/aromatic N) is 1. The van der Waals surface area contributed by atoms with Gasteiger partial charge in [0.15, 0.2) is 0 Å². The van der Waals surface area contributed by atoms with Gasteiger partial charge in [0.05, 0.1) is 17.4 Å². The summed E-state index contributed by atoms with van der Waals surface area (Å²) in [7, 11) is 0. The quantitative estimate of drug-likeness (QED) is 0.299. The standard InChI is InChI=1S/C20H25N3O5S2.Na/c1-20(2)15(19(27)28)23-17(26)14(18(23)30-20)22-16(25)13(21-12-4-3-9-29-12)10-5-7-11(24)8-6-10;/h5-8,12-15,18,21,24H,3-4,9H2,1-2H3,(H,22,25)(H,27,28);/q;+1/p-1/t12?,13?,14-,15+,18-;/m1./s1. The number of carboxylic acids is 1. The van der Waals surface area contributed by atoms with E-state index in [1.165, 1.54) is 28.8 Å². The van der Waals surface area contributed by atoms with Crippen LogP contribution in [0.1, 0.15) is 38.3 Å². The first-order chi connectivity index (χ1) is 14.2. The molecule has 3 aliphatic heterocycles. The van der Waals surface area contributed by atoms with Crippen molar-refractivity contribution in [3.63, 3.8) is 0 Å². The smallest absolute Gasteiger partial charge is 0.548 e. The molecule has 0 radical (unpaired) electrons. The molecule has 0 aliphatic carbocycles. The molecule has 0 spiro atoms. The Labute approximate surface area is 211 Å². The van der Waals surface area contributed by atoms with Gasteiger partial charge >= 0.3 is 29.6 Å². The fourth-order valence-electron chi connectivity index (χ4n) is 4.25. The molecule has 3 N–H and O–H groups in total. The Morgan fingerprint density at radius 3 is 2.55 bits per heavy atom. The van der Waals surface area contributed by atoms with Crippen molar-refractivity contribution < 1.29 is 54.2 Å². The Kier molecular flexibility index (Phi) is 7.60. The van der Waals surface area contributed by atoms with Crippen LogP contribution < -0.4 is 45.3 Å². The number of thioether (sulfide) groups is 2. The zero-order valence-corrected chi connectivity index (χ0v) is 21.3. The van der Waals surface area contributed by atoms with Crippen molar-refractivity contribution in [1.82, 2.24) is 15.5 Å². The number of amides is 2. The molecule has 2 unspecified atom stereocenters. The van der Waals surface area contributed by atoms with E-state index < -0.39 is 40.1 Å². The topological polar surface area (TPSA) is 122 Å². The summed E-state index contributed by atoms with van der Waals surface area (Å²) in [6, 6.07) is 3.93. The number of fused-ring (bicyclic) bond motifs is 1. The molecule has 31 heavy (non-hydrogen) atoms. The van der Waals surface area contributed by atoms with E-state index in [0.29, 0.717) is 5.56 Å². The number of carboxylic acid groups (broad SMARTS) is 1. The number of rotatable bonds is 6. The van der Waals surface area contributed by atoms with Crippen molar-refractivity contribution in [2.45, 2.75) is 60.3 Å². The number of phenols is 1. The molecule has 3 saturated heterocycles. The van der Waals surface area contributed by atoms with Gasteiger partial charge in [0.25, 0.3) is 0 Å². The minimum atomic E-state index is -1.28. The van der Waals surface area contributed by atoms with Crippen molar-refractivity contribution in [1.29, 1.82) is 0 Å². The fourth-order valence-corrected chi connectivity index (χ4v) is 7.05. The molecule has 0 saturated carbocycles. The van der Waals surface area contributed by atoms with Crippen LogP contribution in [-0.4, -0.2) is 61.1 Å². The number of phenolic OH excluding ortho intramolecular Hbond substituents is 1. The summed E-state index contributed by atoms with van der Waals surface area (Å²) in [5.74, 6) is -0.900. The summed E-state index contributed by atoms with van der Waals surface area (Å²) in [4.78, 5) is 38.7. The van der Waals surface area contributed by atoms with E-state index in [1.807, 2.05) is 0 Å². The van der Waals surface area contributed by atoms with Gasteiger partial charge in [-0.1, -0.05) is 12.1 Å². The first-order valence-corrected chi connectivity index (χ1v) is 11.8. The summed E-state index contributed by atoms with van der Waals surface area (Å²) in [5, 5.41) is 27.0. The number of nitrogens with one attached hydrogen (secondary N) is 2. The Hall–Kier alpha value is -0.910. The Morgan fingerprint density at radius 1 is 1.29 bits per heavy atom. The van der Waals surface area contributed by atoms with Gasteiger partial charge < -0.3 is 25.2 Å². The normalized spacial score (nSPS) is 29.5. The van der Waals surface area contributed by atoms with Gasteiger partial charge in [-0.25, -0.2) is 0 Å². The van der Waals surface area contributed by atoms with Crippen molar-refractivity contribution in [3.8, 4) is 5.75 Å². The van der Waals surface area contributed by atoms with Crippen molar-refractivity contribution in [2.75, 3.05) is 5.75 Å². The number of carbonyl (C=O) groups excluding carboxylic acids is 3. The third-order valence-electron chi connectivity index (χ3n) is 5.73. The number of hydrogen-bond donors (Lipinski definition) is 3. The zero-order chi connectivity index (χ0) is 21.6. The summed E-state index contributed by atoms with van der Waals surface area (Å²) < 4.78 is -0.701. The first kappa shape index (κ1) is 24.7. The second-order valence-electron chi connectivity index (χ2n) is 8.26. The van der Waals surface area contributed by atoms with Crippen LogP contribution in [0.15, 0.2) is 24.3 Å². The first-order valence-electron chi connectivity index (χ1n) is 9.87. The van der Waals surface area contributed by atoms with Crippen LogP contribution in [0.25, 0.3) is 0 Å². The molecule has 3 aliphatic rings. The van der Waals surface area contributed by atoms with Crippen LogP contribution in [0.5, 0.6) is 5.75 Å². The maximum atomic E-state index is 13.2. The van der Waals surface area contributed by atoms with Gasteiger partial charge in [0.2, 0.25) is 11.8 Å². The molecule has 11 heteroatoms. The molecule has 0 aromatic heterocycles. The predicted octanol–water partition coefficient (Wildman–Crippen LogP) is -2.82. The van der Waals surface area contributed by atoms with Gasteiger partial charge in [0, 0.05) is 4.75 Å². The minimum absolute atomic E-state index is 0. The second-order valence-corrected chi connectivity index (χ2v) is 11.3. The van der Waals surface area contributed by atoms with Gasteiger partial charge in [-0.3, -0.25) is 14.9 Å². The number of carbonyl (C=O) groups is 3. The molecule has 3 heterocycles. The van der Waals surface area contributed by atoms with E-state index in [9.17, 15) is 24.6 Å². The predicted molar refractivity (Wildman–Crippen MR) is 112 cm³/mol. The monoisotopic (exact) mass is 473 g/mol. The van der Waals surface area contributed by atoms with Crippen LogP contribution in [0.2, 0.25) is 0 Å². The Bertz CT molecular complexity index is 863. The Morgan fingerprint density at radius 2 is 1.97 bits per heavy atom. The van der Waals surface area contributed by atoms with Crippen LogP contribution in [0, 0.1) is 0 Å². The van der Waals surface area contributed by atoms with Gasteiger partial charge in [0.1, 0.15) is 23.2 Å². The molecule has 0 bridgehead atoms. The molecule has 162 valence electrons. The number of benzene rings is 1. The third-order valence-corrected chi connectivity index (χ3v) is 8.60. The van der Waals surface area contributed by atoms with E-state index >= 15 is 0 Å². The van der Waals surface area contributed by atoms with E-state index in [1.54, 1.807) is 37.7 Å². The van der Waals surface area contributed by atoms with Gasteiger partial charge in [-0.05, 0) is 50.1 Å². The van der Waals surface area contributed by atoms with Crippen LogP contribution in [-0.2, 0) is 14.4 Å². The molecule has 8 nitrogen and oxygen atoms in total. The van der Waals surface area contributed by atoms with Crippen LogP contribution in [0.3, 0.4) is 0 Å². The summed E-state index contributed by atoms with van der Waals surface area (Å²) in [6.45, 7) is 3.53. The molecular formula is C20H24N3NaO5S2. The summed E-state index contributed by atoms with van der Waals surface area (Å²) >= 11 is 3.11. The molecule has 1 aromatic rings. The largest absolute Gasteiger partial charge is 1.00 e. The summed E-state index contributed by atoms with van der Waals surface area (Å²) in [6.07, 6.45) is 2.02. The van der Waals surface area contributed by atoms with Crippen molar-refractivity contribution in [2.24, 2.45) is 0 Å². The van der Waals surface area contributed by atoms with Gasteiger partial charge in [-0.15, -0.1) is 23.5 Å². The molecule has 4 rings (SSSR count). The fraction of sp³-hybridized carbons (Fsp3) is 0.550. The molecular weight excluding hydrogens is 449 g/mol. The molecule has 5 atom stereocenters. The molecule has 2 amide bonds. The maximum Gasteiger partial charge on any atom is 1.00 e. The number of aromatic hydroxyl groups is 1. The minimum Gasteiger partial charge on any atom is -0.548 e. The second kappa shape index (κ2) is 9.52. The SMILES string of the molecule is CC1(C)S[C@@H]2[C@H](NC(=O)C(NC3CCCS3)c3ccc(O)cc3)C(=O)N2[C@H]1C(=O)[O-].[Na+]. The number of hydrogen-bond acceptors (Lipinski definition) is 8. The van der Waals surface area contributed by atoms with Crippen LogP contribution >= 0.6 is 23.5 Å². The molecule has 1 aromatic carbocycles. The average Bonchev–Trinajstić information content (AvgIpc) is 3.28. The van der Waals surface area contributed by atoms with E-state index in [2.05, 4.69) is 10.6 Å². The Balaban J connectivity index is 0.00000272. The van der Waals surface area contributed by atoms with E-state index in [4.69, 9.17) is 0 Å². The number of β-lactam (4-membered cyclic amide) rings is 1.